The predicted octanol–water partition coefficient (Wildman–Crippen LogP) is 3.62. The number of rotatable bonds is 5. The molecule has 2 atom stereocenters. The van der Waals surface area contributed by atoms with Gasteiger partial charge >= 0.3 is 5.97 Å². The molecule has 2 amide bonds. The zero-order chi connectivity index (χ0) is 20.3. The van der Waals surface area contributed by atoms with E-state index in [1.54, 1.807) is 17.5 Å². The van der Waals surface area contributed by atoms with Crippen LogP contribution in [-0.4, -0.2) is 46.4 Å². The number of anilines is 1. The molecule has 3 rings (SSSR count). The second-order valence-electron chi connectivity index (χ2n) is 6.19. The molecule has 1 N–H and O–H groups in total. The second-order valence-corrected chi connectivity index (χ2v) is 7.98. The first-order valence-electron chi connectivity index (χ1n) is 8.53. The van der Waals surface area contributed by atoms with Crippen molar-refractivity contribution >= 4 is 58.1 Å². The van der Waals surface area contributed by atoms with Gasteiger partial charge in [-0.15, -0.1) is 11.3 Å². The van der Waals surface area contributed by atoms with Crippen molar-refractivity contribution in [2.45, 2.75) is 31.9 Å². The molecule has 0 spiro atoms. The van der Waals surface area contributed by atoms with Crippen LogP contribution in [0.1, 0.15) is 29.4 Å². The summed E-state index contributed by atoms with van der Waals surface area (Å²) in [5.74, 6) is -1.28. The van der Waals surface area contributed by atoms with Crippen molar-refractivity contribution < 1.29 is 19.1 Å². The third-order valence-corrected chi connectivity index (χ3v) is 5.58. The maximum absolute atomic E-state index is 12.6. The van der Waals surface area contributed by atoms with E-state index < -0.39 is 24.0 Å². The van der Waals surface area contributed by atoms with Crippen LogP contribution in [0.4, 0.5) is 5.82 Å². The molecule has 1 saturated heterocycles. The van der Waals surface area contributed by atoms with E-state index in [4.69, 9.17) is 27.9 Å². The number of thiophene rings is 1. The minimum atomic E-state index is -1.08. The highest BCUT2D eigenvalue weighted by molar-refractivity contribution is 7.12. The van der Waals surface area contributed by atoms with E-state index in [9.17, 15) is 14.4 Å². The van der Waals surface area contributed by atoms with Crippen molar-refractivity contribution in [2.75, 3.05) is 11.9 Å². The maximum Gasteiger partial charge on any atom is 0.329 e. The second kappa shape index (κ2) is 8.89. The Morgan fingerprint density at radius 1 is 1.39 bits per heavy atom. The fourth-order valence-electron chi connectivity index (χ4n) is 2.83. The Morgan fingerprint density at radius 3 is 2.86 bits per heavy atom. The van der Waals surface area contributed by atoms with Gasteiger partial charge in [0, 0.05) is 12.7 Å². The van der Waals surface area contributed by atoms with Crippen LogP contribution < -0.4 is 5.32 Å². The van der Waals surface area contributed by atoms with Gasteiger partial charge in [0.15, 0.2) is 11.9 Å². The number of carbonyl (C=O) groups excluding carboxylic acids is 3. The van der Waals surface area contributed by atoms with Crippen molar-refractivity contribution in [1.82, 2.24) is 9.88 Å². The summed E-state index contributed by atoms with van der Waals surface area (Å²) in [6.07, 6.45) is 1.45. The van der Waals surface area contributed by atoms with Crippen molar-refractivity contribution in [3.63, 3.8) is 0 Å². The molecule has 7 nitrogen and oxygen atoms in total. The van der Waals surface area contributed by atoms with E-state index in [-0.39, 0.29) is 16.7 Å². The number of hydrogen-bond donors (Lipinski definition) is 1. The number of likely N-dealkylation sites (tertiary alicyclic amines) is 1. The van der Waals surface area contributed by atoms with Crippen LogP contribution in [0, 0.1) is 0 Å². The number of nitrogens with zero attached hydrogens (tertiary/aromatic N) is 2. The SMILES string of the molecule is CC(OC(=O)[C@@H]1CCCN1C(=O)c1cccs1)C(=O)Nc1ncc(Cl)cc1Cl. The summed E-state index contributed by atoms with van der Waals surface area (Å²) in [5.41, 5.74) is 0. The van der Waals surface area contributed by atoms with E-state index in [2.05, 4.69) is 10.3 Å². The number of hydrogen-bond acceptors (Lipinski definition) is 6. The van der Waals surface area contributed by atoms with Crippen LogP contribution in [0.3, 0.4) is 0 Å². The molecule has 0 bridgehead atoms. The normalized spacial score (nSPS) is 17.2. The molecule has 2 aromatic rings. The molecule has 148 valence electrons. The number of pyridine rings is 1. The number of esters is 1. The van der Waals surface area contributed by atoms with Crippen LogP contribution in [0.2, 0.25) is 10.0 Å². The third kappa shape index (κ3) is 4.63. The Hall–Kier alpha value is -2.16. The van der Waals surface area contributed by atoms with Gasteiger partial charge < -0.3 is 15.0 Å². The minimum absolute atomic E-state index is 0.120. The van der Waals surface area contributed by atoms with Crippen LogP contribution in [0.5, 0.6) is 0 Å². The molecule has 0 radical (unpaired) electrons. The molecule has 0 saturated carbocycles. The molecule has 28 heavy (non-hydrogen) atoms. The van der Waals surface area contributed by atoms with Crippen molar-refractivity contribution in [3.8, 4) is 0 Å². The molecule has 3 heterocycles. The van der Waals surface area contributed by atoms with Crippen LogP contribution >= 0.6 is 34.5 Å². The highest BCUT2D eigenvalue weighted by atomic mass is 35.5. The summed E-state index contributed by atoms with van der Waals surface area (Å²) >= 11 is 13.1. The Bertz CT molecular complexity index is 891. The van der Waals surface area contributed by atoms with Crippen LogP contribution in [0.15, 0.2) is 29.8 Å². The predicted molar refractivity (Wildman–Crippen MR) is 107 cm³/mol. The Kier molecular flexibility index (Phi) is 6.53. The van der Waals surface area contributed by atoms with Gasteiger partial charge in [-0.25, -0.2) is 9.78 Å². The van der Waals surface area contributed by atoms with Gasteiger partial charge in [-0.1, -0.05) is 29.3 Å². The summed E-state index contributed by atoms with van der Waals surface area (Å²) in [6.45, 7) is 1.92. The molecule has 10 heteroatoms. The lowest BCUT2D eigenvalue weighted by atomic mass is 10.2. The van der Waals surface area contributed by atoms with Gasteiger partial charge in [0.2, 0.25) is 0 Å². The minimum Gasteiger partial charge on any atom is -0.451 e. The van der Waals surface area contributed by atoms with Crippen molar-refractivity contribution in [3.05, 3.63) is 44.7 Å². The van der Waals surface area contributed by atoms with Gasteiger partial charge in [0.25, 0.3) is 11.8 Å². The first-order valence-corrected chi connectivity index (χ1v) is 10.2. The first kappa shape index (κ1) is 20.6. The zero-order valence-corrected chi connectivity index (χ0v) is 17.2. The zero-order valence-electron chi connectivity index (χ0n) is 14.9. The molecular formula is C18H17Cl2N3O4S. The van der Waals surface area contributed by atoms with Crippen LogP contribution in [-0.2, 0) is 14.3 Å². The monoisotopic (exact) mass is 441 g/mol. The Labute approximate surface area is 175 Å². The quantitative estimate of drug-likeness (QED) is 0.715. The number of halogens is 2. The smallest absolute Gasteiger partial charge is 0.329 e. The Balaban J connectivity index is 1.61. The van der Waals surface area contributed by atoms with Gasteiger partial charge in [0.05, 0.1) is 14.9 Å². The lowest BCUT2D eigenvalue weighted by Crippen LogP contribution is -2.43. The average molecular weight is 442 g/mol. The molecule has 1 aliphatic rings. The first-order chi connectivity index (χ1) is 13.4. The number of amides is 2. The molecular weight excluding hydrogens is 425 g/mol. The summed E-state index contributed by atoms with van der Waals surface area (Å²) in [6, 6.07) is 4.23. The average Bonchev–Trinajstić information content (AvgIpc) is 3.35. The standard InChI is InChI=1S/C18H17Cl2N3O4S/c1-10(16(24)22-15-12(20)8-11(19)9-21-15)27-18(26)13-4-2-6-23(13)17(25)14-5-3-7-28-14/h3,5,7-10,13H,2,4,6H2,1H3,(H,21,22,24)/t10?,13-/m0/s1. The number of nitrogens with one attached hydrogen (secondary N) is 1. The van der Waals surface area contributed by atoms with E-state index in [1.807, 2.05) is 0 Å². The molecule has 2 aromatic heterocycles. The van der Waals surface area contributed by atoms with Crippen molar-refractivity contribution in [2.24, 2.45) is 0 Å². The third-order valence-electron chi connectivity index (χ3n) is 4.23. The van der Waals surface area contributed by atoms with E-state index in [1.165, 1.54) is 35.4 Å². The number of carbonyl (C=O) groups is 3. The van der Waals surface area contributed by atoms with Gasteiger partial charge in [-0.2, -0.15) is 0 Å². The van der Waals surface area contributed by atoms with Crippen LogP contribution in [0.25, 0.3) is 0 Å². The van der Waals surface area contributed by atoms with Gasteiger partial charge in [-0.05, 0) is 37.3 Å². The maximum atomic E-state index is 12.6. The van der Waals surface area contributed by atoms with Crippen molar-refractivity contribution in [1.29, 1.82) is 0 Å². The number of ether oxygens (including phenoxy) is 1. The highest BCUT2D eigenvalue weighted by Gasteiger charge is 2.37. The fourth-order valence-corrected chi connectivity index (χ4v) is 3.93. The number of aromatic nitrogens is 1. The largest absolute Gasteiger partial charge is 0.451 e. The lowest BCUT2D eigenvalue weighted by Gasteiger charge is -2.24. The molecule has 1 fully saturated rings. The van der Waals surface area contributed by atoms with Gasteiger partial charge in [-0.3, -0.25) is 9.59 Å². The highest BCUT2D eigenvalue weighted by Crippen LogP contribution is 2.25. The summed E-state index contributed by atoms with van der Waals surface area (Å²) in [5, 5.41) is 4.80. The van der Waals surface area contributed by atoms with E-state index >= 15 is 0 Å². The summed E-state index contributed by atoms with van der Waals surface area (Å²) < 4.78 is 5.29. The van der Waals surface area contributed by atoms with E-state index in [0.29, 0.717) is 29.3 Å². The topological polar surface area (TPSA) is 88.6 Å². The Morgan fingerprint density at radius 2 is 2.18 bits per heavy atom. The fraction of sp³-hybridized carbons (Fsp3) is 0.333. The molecule has 1 aliphatic heterocycles. The van der Waals surface area contributed by atoms with E-state index in [0.717, 1.165) is 0 Å². The van der Waals surface area contributed by atoms with Gasteiger partial charge in [0.1, 0.15) is 6.04 Å². The summed E-state index contributed by atoms with van der Waals surface area (Å²) in [4.78, 5) is 43.4. The molecule has 0 aromatic carbocycles. The molecule has 1 unspecified atom stereocenters. The lowest BCUT2D eigenvalue weighted by molar-refractivity contribution is -0.156. The molecule has 0 aliphatic carbocycles. The summed E-state index contributed by atoms with van der Waals surface area (Å²) in [7, 11) is 0.